The molecule has 1 aliphatic rings. The Hall–Kier alpha value is -3.40. The standard InChI is InChI=1S/C22H23FN2O6S/c1-4-31-19-11-15(5-10-18(19)30-3)12-24-20(26)13-25-22(27)14(2)21(32(25,28)29)16-6-8-17(23)9-7-16/h5-11H,4,12-13H2,1-3H3,(H,24,26). The van der Waals surface area contributed by atoms with Crippen LogP contribution in [0.3, 0.4) is 0 Å². The largest absolute Gasteiger partial charge is 0.493 e. The number of ether oxygens (including phenoxy) is 2. The first-order valence-corrected chi connectivity index (χ1v) is 11.2. The van der Waals surface area contributed by atoms with E-state index in [1.165, 1.54) is 26.2 Å². The second-order valence-corrected chi connectivity index (χ2v) is 8.77. The molecule has 0 bridgehead atoms. The van der Waals surface area contributed by atoms with Crippen molar-refractivity contribution in [2.75, 3.05) is 20.3 Å². The molecule has 0 aromatic heterocycles. The van der Waals surface area contributed by atoms with Crippen molar-refractivity contribution in [3.8, 4) is 11.5 Å². The molecule has 170 valence electrons. The van der Waals surface area contributed by atoms with Crippen LogP contribution in [0.15, 0.2) is 48.0 Å². The minimum Gasteiger partial charge on any atom is -0.493 e. The van der Waals surface area contributed by atoms with Crippen molar-refractivity contribution < 1.29 is 31.9 Å². The van der Waals surface area contributed by atoms with Crippen LogP contribution < -0.4 is 14.8 Å². The molecule has 0 atom stereocenters. The molecule has 0 saturated heterocycles. The van der Waals surface area contributed by atoms with Gasteiger partial charge in [-0.25, -0.2) is 17.1 Å². The third-order valence-corrected chi connectivity index (χ3v) is 6.78. The maximum atomic E-state index is 13.2. The van der Waals surface area contributed by atoms with Gasteiger partial charge in [-0.3, -0.25) is 9.59 Å². The molecule has 0 aliphatic carbocycles. The maximum Gasteiger partial charge on any atom is 0.268 e. The molecule has 1 heterocycles. The lowest BCUT2D eigenvalue weighted by atomic mass is 10.1. The number of hydrogen-bond donors (Lipinski definition) is 1. The van der Waals surface area contributed by atoms with Crippen LogP contribution in [-0.2, 0) is 26.2 Å². The van der Waals surface area contributed by atoms with Gasteiger partial charge >= 0.3 is 0 Å². The van der Waals surface area contributed by atoms with Gasteiger partial charge < -0.3 is 14.8 Å². The summed E-state index contributed by atoms with van der Waals surface area (Å²) in [4.78, 5) is 24.8. The number of benzene rings is 2. The lowest BCUT2D eigenvalue weighted by Crippen LogP contribution is -2.40. The van der Waals surface area contributed by atoms with Crippen molar-refractivity contribution in [2.24, 2.45) is 0 Å². The van der Waals surface area contributed by atoms with Gasteiger partial charge in [-0.15, -0.1) is 0 Å². The van der Waals surface area contributed by atoms with E-state index in [-0.39, 0.29) is 22.6 Å². The molecule has 1 aliphatic heterocycles. The van der Waals surface area contributed by atoms with E-state index in [1.807, 2.05) is 6.92 Å². The van der Waals surface area contributed by atoms with Crippen LogP contribution in [0.4, 0.5) is 4.39 Å². The molecule has 2 amide bonds. The summed E-state index contributed by atoms with van der Waals surface area (Å²) < 4.78 is 50.3. The van der Waals surface area contributed by atoms with Gasteiger partial charge in [-0.05, 0) is 49.2 Å². The summed E-state index contributed by atoms with van der Waals surface area (Å²) in [5.41, 5.74) is 0.863. The molecular formula is C22H23FN2O6S. The van der Waals surface area contributed by atoms with Gasteiger partial charge in [-0.2, -0.15) is 0 Å². The molecule has 2 aromatic carbocycles. The van der Waals surface area contributed by atoms with E-state index in [0.717, 1.165) is 12.1 Å². The number of halogens is 1. The molecule has 8 nitrogen and oxygen atoms in total. The maximum absolute atomic E-state index is 13.2. The van der Waals surface area contributed by atoms with E-state index < -0.39 is 34.2 Å². The summed E-state index contributed by atoms with van der Waals surface area (Å²) in [5.74, 6) is -0.907. The molecule has 0 fully saturated rings. The lowest BCUT2D eigenvalue weighted by molar-refractivity contribution is -0.128. The highest BCUT2D eigenvalue weighted by Gasteiger charge is 2.43. The third kappa shape index (κ3) is 4.59. The normalized spacial score (nSPS) is 15.1. The fourth-order valence-corrected chi connectivity index (χ4v) is 5.08. The van der Waals surface area contributed by atoms with Gasteiger partial charge in [-0.1, -0.05) is 18.2 Å². The fourth-order valence-electron chi connectivity index (χ4n) is 3.31. The number of nitrogens with zero attached hydrogens (tertiary/aromatic N) is 1. The topological polar surface area (TPSA) is 102 Å². The van der Waals surface area contributed by atoms with Crippen LogP contribution in [-0.4, -0.2) is 44.8 Å². The Balaban J connectivity index is 1.71. The first kappa shape index (κ1) is 23.3. The van der Waals surface area contributed by atoms with Crippen molar-refractivity contribution in [1.29, 1.82) is 0 Å². The number of carbonyl (C=O) groups is 2. The molecule has 10 heteroatoms. The Labute approximate surface area is 185 Å². The predicted molar refractivity (Wildman–Crippen MR) is 116 cm³/mol. The average Bonchev–Trinajstić information content (AvgIpc) is 2.92. The van der Waals surface area contributed by atoms with E-state index in [0.29, 0.717) is 28.0 Å². The Morgan fingerprint density at radius 2 is 1.81 bits per heavy atom. The minimum atomic E-state index is -4.25. The molecule has 0 saturated carbocycles. The van der Waals surface area contributed by atoms with Gasteiger partial charge in [0.15, 0.2) is 11.5 Å². The fraction of sp³-hybridized carbons (Fsp3) is 0.273. The number of methoxy groups -OCH3 is 1. The smallest absolute Gasteiger partial charge is 0.268 e. The number of hydrogen-bond acceptors (Lipinski definition) is 6. The quantitative estimate of drug-likeness (QED) is 0.647. The number of sulfonamides is 1. The highest BCUT2D eigenvalue weighted by molar-refractivity contribution is 7.99. The average molecular weight is 462 g/mol. The summed E-state index contributed by atoms with van der Waals surface area (Å²) in [6, 6.07) is 9.91. The second kappa shape index (κ2) is 9.39. The van der Waals surface area contributed by atoms with Crippen molar-refractivity contribution >= 4 is 26.7 Å². The second-order valence-electron chi connectivity index (χ2n) is 6.97. The van der Waals surface area contributed by atoms with Crippen LogP contribution in [0.5, 0.6) is 11.5 Å². The summed E-state index contributed by atoms with van der Waals surface area (Å²) >= 11 is 0. The Kier molecular flexibility index (Phi) is 6.83. The zero-order valence-electron chi connectivity index (χ0n) is 17.8. The van der Waals surface area contributed by atoms with Gasteiger partial charge in [0, 0.05) is 12.1 Å². The van der Waals surface area contributed by atoms with Crippen LogP contribution in [0.1, 0.15) is 25.0 Å². The van der Waals surface area contributed by atoms with Gasteiger partial charge in [0.2, 0.25) is 5.91 Å². The van der Waals surface area contributed by atoms with Crippen molar-refractivity contribution in [1.82, 2.24) is 9.62 Å². The number of nitrogens with one attached hydrogen (secondary N) is 1. The van der Waals surface area contributed by atoms with Crippen LogP contribution in [0.25, 0.3) is 4.91 Å². The number of carbonyl (C=O) groups excluding carboxylic acids is 2. The molecule has 2 aromatic rings. The van der Waals surface area contributed by atoms with Gasteiger partial charge in [0.1, 0.15) is 17.3 Å². The molecule has 1 N–H and O–H groups in total. The zero-order valence-corrected chi connectivity index (χ0v) is 18.7. The monoisotopic (exact) mass is 462 g/mol. The van der Waals surface area contributed by atoms with Crippen LogP contribution >= 0.6 is 0 Å². The summed E-state index contributed by atoms with van der Waals surface area (Å²) in [7, 11) is -2.73. The molecule has 3 rings (SSSR count). The van der Waals surface area contributed by atoms with E-state index in [2.05, 4.69) is 5.32 Å². The van der Waals surface area contributed by atoms with Crippen LogP contribution in [0, 0.1) is 5.82 Å². The Bertz CT molecular complexity index is 1180. The summed E-state index contributed by atoms with van der Waals surface area (Å²) in [6.45, 7) is 3.06. The molecule has 0 radical (unpaired) electrons. The Morgan fingerprint density at radius 3 is 2.44 bits per heavy atom. The van der Waals surface area contributed by atoms with E-state index in [4.69, 9.17) is 9.47 Å². The van der Waals surface area contributed by atoms with E-state index in [9.17, 15) is 22.4 Å². The van der Waals surface area contributed by atoms with Crippen molar-refractivity contribution in [3.05, 3.63) is 65.0 Å². The van der Waals surface area contributed by atoms with E-state index in [1.54, 1.807) is 18.2 Å². The molecule has 0 spiro atoms. The van der Waals surface area contributed by atoms with Gasteiger partial charge in [0.25, 0.3) is 15.9 Å². The highest BCUT2D eigenvalue weighted by atomic mass is 32.2. The number of rotatable bonds is 8. The van der Waals surface area contributed by atoms with Crippen molar-refractivity contribution in [3.63, 3.8) is 0 Å². The lowest BCUT2D eigenvalue weighted by Gasteiger charge is -2.17. The first-order chi connectivity index (χ1) is 15.2. The van der Waals surface area contributed by atoms with Gasteiger partial charge in [0.05, 0.1) is 13.7 Å². The predicted octanol–water partition coefficient (Wildman–Crippen LogP) is 2.45. The minimum absolute atomic E-state index is 0.0269. The van der Waals surface area contributed by atoms with Crippen molar-refractivity contribution in [2.45, 2.75) is 20.4 Å². The summed E-state index contributed by atoms with van der Waals surface area (Å²) in [6.07, 6.45) is 0. The van der Waals surface area contributed by atoms with Crippen LogP contribution in [0.2, 0.25) is 0 Å². The third-order valence-electron chi connectivity index (χ3n) is 4.85. The zero-order chi connectivity index (χ0) is 23.5. The van der Waals surface area contributed by atoms with E-state index >= 15 is 0 Å². The SMILES string of the molecule is CCOc1cc(CNC(=O)CN2C(=O)C(C)=C(c3ccc(F)cc3)S2(=O)=O)ccc1OC. The first-order valence-electron chi connectivity index (χ1n) is 9.79. The Morgan fingerprint density at radius 1 is 1.12 bits per heavy atom. The number of amides is 2. The highest BCUT2D eigenvalue weighted by Crippen LogP contribution is 2.35. The molecule has 0 unspecified atom stereocenters. The summed E-state index contributed by atoms with van der Waals surface area (Å²) in [5, 5.41) is 2.61. The molecule has 32 heavy (non-hydrogen) atoms. The molecular weight excluding hydrogens is 439 g/mol.